The molecule has 2 aromatic rings. The van der Waals surface area contributed by atoms with Gasteiger partial charge in [-0.1, -0.05) is 12.1 Å². The average Bonchev–Trinajstić information content (AvgIpc) is 2.58. The highest BCUT2D eigenvalue weighted by atomic mass is 127. The van der Waals surface area contributed by atoms with Crippen molar-refractivity contribution < 1.29 is 19.7 Å². The molecular formula is C18H19IN2O4. The minimum atomic E-state index is -0.975. The van der Waals surface area contributed by atoms with Gasteiger partial charge in [-0.2, -0.15) is 0 Å². The summed E-state index contributed by atoms with van der Waals surface area (Å²) in [6.45, 7) is 3.54. The number of halogens is 1. The van der Waals surface area contributed by atoms with Gasteiger partial charge in [-0.25, -0.2) is 0 Å². The molecule has 132 valence electrons. The first-order valence-corrected chi connectivity index (χ1v) is 8.59. The van der Waals surface area contributed by atoms with Crippen LogP contribution in [0, 0.1) is 3.57 Å². The molecule has 25 heavy (non-hydrogen) atoms. The number of hydrogen-bond acceptors (Lipinski definition) is 5. The van der Waals surface area contributed by atoms with E-state index in [9.17, 15) is 15.0 Å². The standard InChI is InChI=1S/C18H19IN2O4/c1-2-17(20)21-16(18(23)24)9-11-3-6-14(10-15(11)19)25-13-7-4-12(22)5-8-13/h2-8,10,16-17,21-22H,1,9,20H2,(H,23,24). The average molecular weight is 454 g/mol. The lowest BCUT2D eigenvalue weighted by molar-refractivity contribution is -0.139. The highest BCUT2D eigenvalue weighted by Gasteiger charge is 2.20. The molecule has 6 nitrogen and oxygen atoms in total. The van der Waals surface area contributed by atoms with Crippen molar-refractivity contribution in [3.8, 4) is 17.2 Å². The Morgan fingerprint density at radius 1 is 1.28 bits per heavy atom. The van der Waals surface area contributed by atoms with Gasteiger partial charge in [0.15, 0.2) is 0 Å². The van der Waals surface area contributed by atoms with Crippen LogP contribution in [0.3, 0.4) is 0 Å². The topological polar surface area (TPSA) is 105 Å². The summed E-state index contributed by atoms with van der Waals surface area (Å²) in [5.74, 6) is 0.421. The molecule has 0 aliphatic carbocycles. The zero-order chi connectivity index (χ0) is 18.4. The number of carboxylic acid groups (broad SMARTS) is 1. The highest BCUT2D eigenvalue weighted by molar-refractivity contribution is 14.1. The van der Waals surface area contributed by atoms with E-state index in [1.54, 1.807) is 30.3 Å². The van der Waals surface area contributed by atoms with E-state index < -0.39 is 18.2 Å². The Balaban J connectivity index is 2.11. The van der Waals surface area contributed by atoms with E-state index in [1.807, 2.05) is 12.1 Å². The molecule has 0 bridgehead atoms. The zero-order valence-corrected chi connectivity index (χ0v) is 15.5. The fourth-order valence-electron chi connectivity index (χ4n) is 2.15. The van der Waals surface area contributed by atoms with Crippen molar-refractivity contribution in [3.05, 3.63) is 64.3 Å². The minimum absolute atomic E-state index is 0.169. The second kappa shape index (κ2) is 8.84. The molecule has 2 atom stereocenters. The van der Waals surface area contributed by atoms with Gasteiger partial charge in [0, 0.05) is 3.57 Å². The predicted octanol–water partition coefficient (Wildman–Crippen LogP) is 2.85. The number of hydrogen-bond donors (Lipinski definition) is 4. The molecule has 0 aliphatic heterocycles. The molecular weight excluding hydrogens is 435 g/mol. The number of carbonyl (C=O) groups is 1. The van der Waals surface area contributed by atoms with Gasteiger partial charge < -0.3 is 20.7 Å². The molecule has 0 radical (unpaired) electrons. The lowest BCUT2D eigenvalue weighted by atomic mass is 10.1. The molecule has 7 heteroatoms. The van der Waals surface area contributed by atoms with Crippen LogP contribution >= 0.6 is 22.6 Å². The third-order valence-electron chi connectivity index (χ3n) is 3.47. The van der Waals surface area contributed by atoms with Gasteiger partial charge in [-0.05, 0) is 71.0 Å². The third kappa shape index (κ3) is 5.73. The van der Waals surface area contributed by atoms with Crippen molar-refractivity contribution in [2.75, 3.05) is 0 Å². The summed E-state index contributed by atoms with van der Waals surface area (Å²) < 4.78 is 6.61. The Kier molecular flexibility index (Phi) is 6.80. The zero-order valence-electron chi connectivity index (χ0n) is 13.4. The number of aromatic hydroxyl groups is 1. The van der Waals surface area contributed by atoms with Crippen LogP contribution in [0.25, 0.3) is 0 Å². The smallest absolute Gasteiger partial charge is 0.321 e. The Morgan fingerprint density at radius 3 is 2.48 bits per heavy atom. The lowest BCUT2D eigenvalue weighted by Gasteiger charge is -2.18. The number of nitrogens with two attached hydrogens (primary N) is 1. The first-order valence-electron chi connectivity index (χ1n) is 7.51. The van der Waals surface area contributed by atoms with Gasteiger partial charge in [0.25, 0.3) is 0 Å². The van der Waals surface area contributed by atoms with E-state index >= 15 is 0 Å². The normalized spacial score (nSPS) is 13.0. The first-order chi connectivity index (χ1) is 11.9. The summed E-state index contributed by atoms with van der Waals surface area (Å²) in [6, 6.07) is 11.0. The molecule has 0 heterocycles. The highest BCUT2D eigenvalue weighted by Crippen LogP contribution is 2.26. The van der Waals surface area contributed by atoms with Gasteiger partial charge >= 0.3 is 5.97 Å². The summed E-state index contributed by atoms with van der Waals surface area (Å²) in [5, 5.41) is 21.4. The number of carboxylic acids is 1. The predicted molar refractivity (Wildman–Crippen MR) is 104 cm³/mol. The Hall–Kier alpha value is -2.10. The third-order valence-corrected chi connectivity index (χ3v) is 4.47. The molecule has 2 unspecified atom stereocenters. The number of phenols is 1. The molecule has 2 rings (SSSR count). The summed E-state index contributed by atoms with van der Waals surface area (Å²) in [5.41, 5.74) is 6.56. The van der Waals surface area contributed by atoms with Crippen molar-refractivity contribution in [2.45, 2.75) is 18.6 Å². The van der Waals surface area contributed by atoms with Crippen LogP contribution in [-0.2, 0) is 11.2 Å². The fourth-order valence-corrected chi connectivity index (χ4v) is 2.85. The van der Waals surface area contributed by atoms with Gasteiger partial charge in [-0.3, -0.25) is 10.1 Å². The maximum absolute atomic E-state index is 11.4. The molecule has 0 aromatic heterocycles. The first kappa shape index (κ1) is 19.2. The molecule has 0 spiro atoms. The molecule has 5 N–H and O–H groups in total. The quantitative estimate of drug-likeness (QED) is 0.278. The molecule has 0 saturated carbocycles. The number of aliphatic carboxylic acids is 1. The molecule has 2 aromatic carbocycles. The SMILES string of the molecule is C=CC(N)NC(Cc1ccc(Oc2ccc(O)cc2)cc1I)C(=O)O. The monoisotopic (exact) mass is 454 g/mol. The van der Waals surface area contributed by atoms with Crippen molar-refractivity contribution >= 4 is 28.6 Å². The van der Waals surface area contributed by atoms with E-state index in [2.05, 4.69) is 34.5 Å². The number of nitrogens with one attached hydrogen (secondary N) is 1. The second-order valence-electron chi connectivity index (χ2n) is 5.37. The Bertz CT molecular complexity index is 749. The Morgan fingerprint density at radius 2 is 1.92 bits per heavy atom. The van der Waals surface area contributed by atoms with Gasteiger partial charge in [0.2, 0.25) is 0 Å². The maximum Gasteiger partial charge on any atom is 0.321 e. The van der Waals surface area contributed by atoms with Crippen LogP contribution in [0.4, 0.5) is 0 Å². The molecule has 0 fully saturated rings. The van der Waals surface area contributed by atoms with Crippen molar-refractivity contribution in [1.29, 1.82) is 0 Å². The van der Waals surface area contributed by atoms with Crippen LogP contribution < -0.4 is 15.8 Å². The molecule has 0 aliphatic rings. The summed E-state index contributed by atoms with van der Waals surface area (Å²) in [4.78, 5) is 11.4. The van der Waals surface area contributed by atoms with E-state index in [0.29, 0.717) is 11.5 Å². The minimum Gasteiger partial charge on any atom is -0.508 e. The number of phenolic OH excluding ortho intramolecular Hbond substituents is 1. The van der Waals surface area contributed by atoms with Gasteiger partial charge in [0.1, 0.15) is 23.3 Å². The number of ether oxygens (including phenoxy) is 1. The summed E-state index contributed by atoms with van der Waals surface area (Å²) in [7, 11) is 0. The summed E-state index contributed by atoms with van der Waals surface area (Å²) in [6.07, 6.45) is 1.15. The largest absolute Gasteiger partial charge is 0.508 e. The van der Waals surface area contributed by atoms with Crippen LogP contribution in [-0.4, -0.2) is 28.4 Å². The summed E-state index contributed by atoms with van der Waals surface area (Å²) >= 11 is 2.14. The van der Waals surface area contributed by atoms with Crippen molar-refractivity contribution in [2.24, 2.45) is 5.73 Å². The van der Waals surface area contributed by atoms with E-state index in [0.717, 1.165) is 9.13 Å². The maximum atomic E-state index is 11.4. The lowest BCUT2D eigenvalue weighted by Crippen LogP contribution is -2.47. The van der Waals surface area contributed by atoms with E-state index in [-0.39, 0.29) is 12.2 Å². The molecule has 0 saturated heterocycles. The van der Waals surface area contributed by atoms with Crippen LogP contribution in [0.1, 0.15) is 5.56 Å². The second-order valence-corrected chi connectivity index (χ2v) is 6.53. The fraction of sp³-hybridized carbons (Fsp3) is 0.167. The van der Waals surface area contributed by atoms with E-state index in [4.69, 9.17) is 10.5 Å². The van der Waals surface area contributed by atoms with Crippen LogP contribution in [0.5, 0.6) is 17.2 Å². The van der Waals surface area contributed by atoms with Crippen molar-refractivity contribution in [1.82, 2.24) is 5.32 Å². The van der Waals surface area contributed by atoms with E-state index in [1.165, 1.54) is 6.08 Å². The number of rotatable bonds is 8. The number of benzene rings is 2. The van der Waals surface area contributed by atoms with Crippen molar-refractivity contribution in [3.63, 3.8) is 0 Å². The van der Waals surface area contributed by atoms with Crippen LogP contribution in [0.2, 0.25) is 0 Å². The van der Waals surface area contributed by atoms with Gasteiger partial charge in [-0.15, -0.1) is 6.58 Å². The Labute approximate surface area is 159 Å². The molecule has 0 amide bonds. The van der Waals surface area contributed by atoms with Crippen LogP contribution in [0.15, 0.2) is 55.1 Å². The van der Waals surface area contributed by atoms with Gasteiger partial charge in [0.05, 0.1) is 6.17 Å².